The van der Waals surface area contributed by atoms with Gasteiger partial charge in [-0.25, -0.2) is 18.5 Å². The van der Waals surface area contributed by atoms with Gasteiger partial charge >= 0.3 is 0 Å². The molecule has 1 aliphatic rings. The number of nitrogens with two attached hydrogens (primary N) is 1. The number of aromatic nitrogens is 1. The number of benzene rings is 1. The van der Waals surface area contributed by atoms with E-state index in [-0.39, 0.29) is 10.8 Å². The maximum atomic E-state index is 12.4. The molecule has 0 saturated carbocycles. The molecule has 2 heterocycles. The quantitative estimate of drug-likeness (QED) is 0.767. The van der Waals surface area contributed by atoms with Gasteiger partial charge in [0.15, 0.2) is 0 Å². The molecule has 0 aliphatic carbocycles. The molecule has 9 heteroatoms. The van der Waals surface area contributed by atoms with E-state index in [1.165, 1.54) is 24.3 Å². The minimum Gasteiger partial charge on any atom is -0.354 e. The van der Waals surface area contributed by atoms with Gasteiger partial charge in [-0.05, 0) is 37.4 Å². The number of hydrogen-bond donors (Lipinski definition) is 2. The summed E-state index contributed by atoms with van der Waals surface area (Å²) in [4.78, 5) is 21.3. The lowest BCUT2D eigenvalue weighted by molar-refractivity contribution is 0.0951. The number of pyridine rings is 1. The molecule has 0 spiro atoms. The lowest BCUT2D eigenvalue weighted by Gasteiger charge is -2.34. The van der Waals surface area contributed by atoms with Crippen LogP contribution in [0.15, 0.2) is 47.5 Å². The van der Waals surface area contributed by atoms with Crippen LogP contribution < -0.4 is 15.4 Å². The summed E-state index contributed by atoms with van der Waals surface area (Å²) in [6.07, 6.45) is 1.75. The fraction of sp³-hybridized carbons (Fsp3) is 0.333. The number of rotatable bonds is 5. The van der Waals surface area contributed by atoms with E-state index in [9.17, 15) is 13.2 Å². The molecule has 27 heavy (non-hydrogen) atoms. The Hall–Kier alpha value is -2.49. The number of likely N-dealkylation sites (N-methyl/N-ethyl adjacent to an activating group) is 1. The topological polar surface area (TPSA) is 109 Å². The number of sulfonamides is 1. The zero-order chi connectivity index (χ0) is 19.4. The van der Waals surface area contributed by atoms with Crippen LogP contribution in [-0.4, -0.2) is 57.4 Å². The number of carbonyl (C=O) groups is 1. The van der Waals surface area contributed by atoms with E-state index in [1.54, 1.807) is 6.20 Å². The van der Waals surface area contributed by atoms with Crippen LogP contribution in [0.5, 0.6) is 0 Å². The number of carbonyl (C=O) groups excluding carboxylic acids is 1. The number of hydrogen-bond acceptors (Lipinski definition) is 6. The molecule has 3 rings (SSSR count). The van der Waals surface area contributed by atoms with E-state index in [0.717, 1.165) is 37.6 Å². The number of piperazine rings is 1. The lowest BCUT2D eigenvalue weighted by Crippen LogP contribution is -2.45. The Labute approximate surface area is 159 Å². The predicted octanol–water partition coefficient (Wildman–Crippen LogP) is 0.411. The van der Waals surface area contributed by atoms with Gasteiger partial charge in [0.05, 0.1) is 4.90 Å². The maximum absolute atomic E-state index is 12.4. The van der Waals surface area contributed by atoms with Gasteiger partial charge in [0.25, 0.3) is 5.91 Å². The zero-order valence-electron chi connectivity index (χ0n) is 15.1. The normalized spacial score (nSPS) is 15.6. The van der Waals surface area contributed by atoms with Crippen LogP contribution in [-0.2, 0) is 16.6 Å². The molecule has 1 aromatic heterocycles. The Balaban J connectivity index is 1.67. The summed E-state index contributed by atoms with van der Waals surface area (Å²) < 4.78 is 22.6. The van der Waals surface area contributed by atoms with Crippen LogP contribution in [0.1, 0.15) is 15.9 Å². The van der Waals surface area contributed by atoms with Gasteiger partial charge in [-0.15, -0.1) is 0 Å². The first-order valence-electron chi connectivity index (χ1n) is 8.63. The van der Waals surface area contributed by atoms with Crippen LogP contribution in [0.2, 0.25) is 0 Å². The Morgan fingerprint density at radius 3 is 2.44 bits per heavy atom. The predicted molar refractivity (Wildman–Crippen MR) is 103 cm³/mol. The number of nitrogens with zero attached hydrogens (tertiary/aromatic N) is 3. The molecule has 2 aromatic rings. The van der Waals surface area contributed by atoms with Crippen molar-refractivity contribution in [1.29, 1.82) is 0 Å². The van der Waals surface area contributed by atoms with Gasteiger partial charge in [0.1, 0.15) is 5.82 Å². The lowest BCUT2D eigenvalue weighted by atomic mass is 10.2. The van der Waals surface area contributed by atoms with Crippen molar-refractivity contribution in [2.45, 2.75) is 11.4 Å². The Morgan fingerprint density at radius 1 is 1.15 bits per heavy atom. The highest BCUT2D eigenvalue weighted by molar-refractivity contribution is 7.89. The van der Waals surface area contributed by atoms with Gasteiger partial charge in [-0.2, -0.15) is 0 Å². The molecular weight excluding hydrogens is 366 g/mol. The van der Waals surface area contributed by atoms with E-state index in [2.05, 4.69) is 27.1 Å². The molecule has 0 radical (unpaired) electrons. The van der Waals surface area contributed by atoms with Crippen molar-refractivity contribution in [2.75, 3.05) is 38.1 Å². The van der Waals surface area contributed by atoms with Gasteiger partial charge < -0.3 is 15.1 Å². The molecule has 0 atom stereocenters. The van der Waals surface area contributed by atoms with E-state index >= 15 is 0 Å². The van der Waals surface area contributed by atoms with Crippen molar-refractivity contribution < 1.29 is 13.2 Å². The molecule has 8 nitrogen and oxygen atoms in total. The SMILES string of the molecule is CN1CCN(c2ncccc2CNC(=O)c2ccc(S(N)(=O)=O)cc2)CC1. The minimum absolute atomic E-state index is 0.0244. The Bertz CT molecular complexity index is 907. The first kappa shape index (κ1) is 19.3. The largest absolute Gasteiger partial charge is 0.354 e. The maximum Gasteiger partial charge on any atom is 0.251 e. The summed E-state index contributed by atoms with van der Waals surface area (Å²) in [6, 6.07) is 9.33. The van der Waals surface area contributed by atoms with E-state index < -0.39 is 10.0 Å². The monoisotopic (exact) mass is 389 g/mol. The smallest absolute Gasteiger partial charge is 0.251 e. The van der Waals surface area contributed by atoms with Crippen molar-refractivity contribution in [2.24, 2.45) is 5.14 Å². The summed E-state index contributed by atoms with van der Waals surface area (Å²) in [6.45, 7) is 4.07. The van der Waals surface area contributed by atoms with Crippen LogP contribution in [0, 0.1) is 0 Å². The molecule has 144 valence electrons. The number of anilines is 1. The second-order valence-electron chi connectivity index (χ2n) is 6.53. The van der Waals surface area contributed by atoms with E-state index in [0.29, 0.717) is 12.1 Å². The van der Waals surface area contributed by atoms with Crippen molar-refractivity contribution in [1.82, 2.24) is 15.2 Å². The molecule has 1 aliphatic heterocycles. The van der Waals surface area contributed by atoms with Crippen LogP contribution in [0.3, 0.4) is 0 Å². The highest BCUT2D eigenvalue weighted by Gasteiger charge is 2.18. The van der Waals surface area contributed by atoms with Gasteiger partial charge in [-0.3, -0.25) is 4.79 Å². The van der Waals surface area contributed by atoms with E-state index in [1.807, 2.05) is 12.1 Å². The standard InChI is InChI=1S/C18H23N5O3S/c1-22-9-11-23(12-10-22)17-15(3-2-8-20-17)13-21-18(24)14-4-6-16(7-5-14)27(19,25)26/h2-8H,9-13H2,1H3,(H,21,24)(H2,19,25,26). The average Bonchev–Trinajstić information content (AvgIpc) is 2.66. The van der Waals surface area contributed by atoms with Crippen LogP contribution in [0.4, 0.5) is 5.82 Å². The molecule has 1 fully saturated rings. The second-order valence-corrected chi connectivity index (χ2v) is 8.09. The first-order chi connectivity index (χ1) is 12.8. The van der Waals surface area contributed by atoms with Crippen LogP contribution >= 0.6 is 0 Å². The summed E-state index contributed by atoms with van der Waals surface area (Å²) in [7, 11) is -1.68. The van der Waals surface area contributed by atoms with Crippen LogP contribution in [0.25, 0.3) is 0 Å². The fourth-order valence-electron chi connectivity index (χ4n) is 2.94. The number of amides is 1. The van der Waals surface area contributed by atoms with Crippen molar-refractivity contribution in [3.63, 3.8) is 0 Å². The van der Waals surface area contributed by atoms with Crippen molar-refractivity contribution in [3.05, 3.63) is 53.7 Å². The highest BCUT2D eigenvalue weighted by Crippen LogP contribution is 2.19. The fourth-order valence-corrected chi connectivity index (χ4v) is 3.46. The summed E-state index contributed by atoms with van der Waals surface area (Å²) in [5.41, 5.74) is 1.31. The molecule has 0 bridgehead atoms. The molecule has 3 N–H and O–H groups in total. The summed E-state index contributed by atoms with van der Waals surface area (Å²) >= 11 is 0. The number of primary sulfonamides is 1. The third-order valence-electron chi connectivity index (χ3n) is 4.55. The minimum atomic E-state index is -3.77. The third-order valence-corrected chi connectivity index (χ3v) is 5.48. The Kier molecular flexibility index (Phi) is 5.73. The van der Waals surface area contributed by atoms with Crippen molar-refractivity contribution >= 4 is 21.7 Å². The third kappa shape index (κ3) is 4.82. The molecular formula is C18H23N5O3S. The molecule has 0 unspecified atom stereocenters. The molecule has 1 saturated heterocycles. The van der Waals surface area contributed by atoms with E-state index in [4.69, 9.17) is 5.14 Å². The van der Waals surface area contributed by atoms with Crippen molar-refractivity contribution in [3.8, 4) is 0 Å². The highest BCUT2D eigenvalue weighted by atomic mass is 32.2. The zero-order valence-corrected chi connectivity index (χ0v) is 15.9. The first-order valence-corrected chi connectivity index (χ1v) is 10.2. The molecule has 1 aromatic carbocycles. The number of nitrogens with one attached hydrogen (secondary N) is 1. The second kappa shape index (κ2) is 8.03. The van der Waals surface area contributed by atoms with Gasteiger partial charge in [0, 0.05) is 50.0 Å². The van der Waals surface area contributed by atoms with Gasteiger partial charge in [-0.1, -0.05) is 6.07 Å². The summed E-state index contributed by atoms with van der Waals surface area (Å²) in [5.74, 6) is 0.597. The Morgan fingerprint density at radius 2 is 1.81 bits per heavy atom. The summed E-state index contributed by atoms with van der Waals surface area (Å²) in [5, 5.41) is 7.94. The molecule has 1 amide bonds. The average molecular weight is 389 g/mol. The van der Waals surface area contributed by atoms with Gasteiger partial charge in [0.2, 0.25) is 10.0 Å².